The molecule has 0 bridgehead atoms. The number of carbonyl (C=O) groups is 1. The van der Waals surface area contributed by atoms with Gasteiger partial charge in [0.05, 0.1) is 0 Å². The van der Waals surface area contributed by atoms with Crippen LogP contribution in [0, 0.1) is 0 Å². The summed E-state index contributed by atoms with van der Waals surface area (Å²) in [6, 6.07) is 1.79. The molecular weight excluding hydrogens is 277 g/mol. The normalized spacial score (nSPS) is 16.2. The molecule has 0 fully saturated rings. The lowest BCUT2D eigenvalue weighted by Gasteiger charge is -2.41. The van der Waals surface area contributed by atoms with Crippen molar-refractivity contribution in [1.82, 2.24) is 0 Å². The fourth-order valence-electron chi connectivity index (χ4n) is 2.04. The molecule has 0 aliphatic heterocycles. The maximum Gasteiger partial charge on any atom is 0.416 e. The summed E-state index contributed by atoms with van der Waals surface area (Å²) in [5.41, 5.74) is -2.36. The summed E-state index contributed by atoms with van der Waals surface area (Å²) in [4.78, 5) is 10.5. The SMILES string of the molecule is CC[Si](CC)(CC)OC(C)(CCC(=O)O)C(F)(F)F. The van der Waals surface area contributed by atoms with E-state index in [9.17, 15) is 18.0 Å². The number of rotatable bonds is 8. The molecular formula is C12H23F3O3Si. The van der Waals surface area contributed by atoms with Gasteiger partial charge in [0.1, 0.15) is 5.60 Å². The van der Waals surface area contributed by atoms with Gasteiger partial charge in [0.25, 0.3) is 0 Å². The number of carboxylic acids is 1. The Morgan fingerprint density at radius 2 is 1.58 bits per heavy atom. The minimum Gasteiger partial charge on any atom is -0.481 e. The van der Waals surface area contributed by atoms with Gasteiger partial charge in [-0.15, -0.1) is 0 Å². The van der Waals surface area contributed by atoms with Crippen LogP contribution in [0.25, 0.3) is 0 Å². The lowest BCUT2D eigenvalue weighted by molar-refractivity contribution is -0.248. The first-order chi connectivity index (χ1) is 8.56. The standard InChI is InChI=1S/C12H23F3O3Si/c1-5-19(6-2,7-3)18-11(4,12(13,14)15)9-8-10(16)17/h5-9H2,1-4H3,(H,16,17). The molecule has 0 aromatic carbocycles. The summed E-state index contributed by atoms with van der Waals surface area (Å²) in [5.74, 6) is -1.24. The van der Waals surface area contributed by atoms with Gasteiger partial charge in [-0.25, -0.2) is 0 Å². The number of carboxylic acid groups (broad SMARTS) is 1. The van der Waals surface area contributed by atoms with E-state index in [0.29, 0.717) is 18.1 Å². The highest BCUT2D eigenvalue weighted by Gasteiger charge is 2.55. The first-order valence-corrected chi connectivity index (χ1v) is 9.07. The van der Waals surface area contributed by atoms with E-state index in [0.717, 1.165) is 6.92 Å². The Kier molecular flexibility index (Phi) is 6.54. The zero-order valence-electron chi connectivity index (χ0n) is 11.9. The highest BCUT2D eigenvalue weighted by Crippen LogP contribution is 2.41. The van der Waals surface area contributed by atoms with Gasteiger partial charge in [0, 0.05) is 6.42 Å². The zero-order valence-corrected chi connectivity index (χ0v) is 12.9. The Balaban J connectivity index is 5.20. The Bertz CT molecular complexity index is 295. The molecule has 0 heterocycles. The smallest absolute Gasteiger partial charge is 0.416 e. The van der Waals surface area contributed by atoms with E-state index >= 15 is 0 Å². The van der Waals surface area contributed by atoms with Gasteiger partial charge in [-0.1, -0.05) is 20.8 Å². The van der Waals surface area contributed by atoms with Crippen LogP contribution in [0.2, 0.25) is 18.1 Å². The second-order valence-electron chi connectivity index (χ2n) is 4.97. The van der Waals surface area contributed by atoms with Crippen molar-refractivity contribution < 1.29 is 27.5 Å². The fraction of sp³-hybridized carbons (Fsp3) is 0.917. The lowest BCUT2D eigenvalue weighted by atomic mass is 10.00. The van der Waals surface area contributed by atoms with Crippen LogP contribution in [-0.4, -0.2) is 31.2 Å². The molecule has 0 rings (SSSR count). The van der Waals surface area contributed by atoms with E-state index in [1.54, 1.807) is 0 Å². The first kappa shape index (κ1) is 18.4. The predicted octanol–water partition coefficient (Wildman–Crippen LogP) is 4.19. The topological polar surface area (TPSA) is 46.5 Å². The molecule has 0 aliphatic carbocycles. The van der Waals surface area contributed by atoms with Crippen LogP contribution in [0.5, 0.6) is 0 Å². The largest absolute Gasteiger partial charge is 0.481 e. The number of aliphatic carboxylic acids is 1. The molecule has 0 saturated heterocycles. The summed E-state index contributed by atoms with van der Waals surface area (Å²) in [6.07, 6.45) is -5.64. The van der Waals surface area contributed by atoms with Crippen molar-refractivity contribution >= 4 is 14.3 Å². The minimum absolute atomic E-state index is 0.541. The Hall–Kier alpha value is -0.563. The van der Waals surface area contributed by atoms with Gasteiger partial charge < -0.3 is 9.53 Å². The van der Waals surface area contributed by atoms with Crippen molar-refractivity contribution in [3.8, 4) is 0 Å². The monoisotopic (exact) mass is 300 g/mol. The molecule has 0 spiro atoms. The second-order valence-corrected chi connectivity index (χ2v) is 9.66. The number of hydrogen-bond acceptors (Lipinski definition) is 2. The molecule has 7 heteroatoms. The summed E-state index contributed by atoms with van der Waals surface area (Å²) < 4.78 is 45.1. The highest BCUT2D eigenvalue weighted by atomic mass is 28.4. The maximum atomic E-state index is 13.2. The summed E-state index contributed by atoms with van der Waals surface area (Å²) in [5, 5.41) is 8.60. The van der Waals surface area contributed by atoms with E-state index in [4.69, 9.17) is 9.53 Å². The third kappa shape index (κ3) is 4.80. The lowest BCUT2D eigenvalue weighted by Crippen LogP contribution is -2.53. The first-order valence-electron chi connectivity index (χ1n) is 6.54. The second kappa shape index (κ2) is 6.74. The molecule has 1 N–H and O–H groups in total. The summed E-state index contributed by atoms with van der Waals surface area (Å²) in [6.45, 7) is 6.49. The maximum absolute atomic E-state index is 13.2. The predicted molar refractivity (Wildman–Crippen MR) is 69.6 cm³/mol. The van der Waals surface area contributed by atoms with Gasteiger partial charge >= 0.3 is 12.1 Å². The van der Waals surface area contributed by atoms with Crippen LogP contribution in [-0.2, 0) is 9.22 Å². The molecule has 0 aromatic heterocycles. The quantitative estimate of drug-likeness (QED) is 0.684. The minimum atomic E-state index is -4.56. The highest BCUT2D eigenvalue weighted by molar-refractivity contribution is 6.73. The van der Waals surface area contributed by atoms with Crippen LogP contribution >= 0.6 is 0 Å². The molecule has 0 radical (unpaired) electrons. The molecule has 19 heavy (non-hydrogen) atoms. The van der Waals surface area contributed by atoms with Crippen LogP contribution in [0.1, 0.15) is 40.5 Å². The zero-order chi connectivity index (χ0) is 15.3. The summed E-state index contributed by atoms with van der Waals surface area (Å²) in [7, 11) is -2.45. The van der Waals surface area contributed by atoms with E-state index < -0.39 is 38.9 Å². The van der Waals surface area contributed by atoms with Crippen LogP contribution in [0.3, 0.4) is 0 Å². The van der Waals surface area contributed by atoms with Crippen molar-refractivity contribution in [3.63, 3.8) is 0 Å². The average molecular weight is 300 g/mol. The van der Waals surface area contributed by atoms with Gasteiger partial charge in [-0.3, -0.25) is 4.79 Å². The molecule has 3 nitrogen and oxygen atoms in total. The van der Waals surface area contributed by atoms with Crippen molar-refractivity contribution in [2.45, 2.75) is 70.4 Å². The molecule has 0 aromatic rings. The molecule has 1 unspecified atom stereocenters. The fourth-order valence-corrected chi connectivity index (χ4v) is 5.15. The third-order valence-corrected chi connectivity index (χ3v) is 8.54. The number of halogens is 3. The Morgan fingerprint density at radius 1 is 1.16 bits per heavy atom. The third-order valence-electron chi connectivity index (χ3n) is 3.79. The van der Waals surface area contributed by atoms with Gasteiger partial charge in [-0.05, 0) is 31.5 Å². The Labute approximate surface area is 113 Å². The van der Waals surface area contributed by atoms with Crippen molar-refractivity contribution in [1.29, 1.82) is 0 Å². The van der Waals surface area contributed by atoms with E-state index in [-0.39, 0.29) is 0 Å². The molecule has 0 aliphatic rings. The Morgan fingerprint density at radius 3 is 1.84 bits per heavy atom. The van der Waals surface area contributed by atoms with Crippen LogP contribution < -0.4 is 0 Å². The van der Waals surface area contributed by atoms with E-state index in [1.165, 1.54) is 0 Å². The van der Waals surface area contributed by atoms with E-state index in [1.807, 2.05) is 20.8 Å². The molecule has 0 amide bonds. The molecule has 0 saturated carbocycles. The summed E-state index contributed by atoms with van der Waals surface area (Å²) >= 11 is 0. The average Bonchev–Trinajstić information content (AvgIpc) is 2.32. The van der Waals surface area contributed by atoms with Crippen LogP contribution in [0.4, 0.5) is 13.2 Å². The van der Waals surface area contributed by atoms with Crippen molar-refractivity contribution in [2.24, 2.45) is 0 Å². The van der Waals surface area contributed by atoms with Gasteiger partial charge in [0.15, 0.2) is 8.32 Å². The number of hydrogen-bond donors (Lipinski definition) is 1. The van der Waals surface area contributed by atoms with Gasteiger partial charge in [-0.2, -0.15) is 13.2 Å². The molecule has 114 valence electrons. The van der Waals surface area contributed by atoms with E-state index in [2.05, 4.69) is 0 Å². The van der Waals surface area contributed by atoms with Crippen LogP contribution in [0.15, 0.2) is 0 Å². The van der Waals surface area contributed by atoms with Crippen molar-refractivity contribution in [3.05, 3.63) is 0 Å². The van der Waals surface area contributed by atoms with Crippen molar-refractivity contribution in [2.75, 3.05) is 0 Å². The number of alkyl halides is 3. The van der Waals surface area contributed by atoms with Gasteiger partial charge in [0.2, 0.25) is 0 Å². The molecule has 1 atom stereocenters.